The molecule has 0 aromatic rings. The second kappa shape index (κ2) is 8.83. The number of nitrogens with zero attached hydrogens (tertiary/aromatic N) is 1. The van der Waals surface area contributed by atoms with Gasteiger partial charge in [0, 0.05) is 25.7 Å². The third kappa shape index (κ3) is 3.51. The fourth-order valence-electron chi connectivity index (χ4n) is 5.77. The van der Waals surface area contributed by atoms with Crippen molar-refractivity contribution in [1.29, 1.82) is 0 Å². The predicted octanol–water partition coefficient (Wildman–Crippen LogP) is 0.965. The molecular formula is C22H37N3O5. The van der Waals surface area contributed by atoms with E-state index in [0.717, 1.165) is 6.42 Å². The number of unbranched alkanes of at least 4 members (excludes halogenated alkanes) is 1. The third-order valence-corrected chi connectivity index (χ3v) is 7.00. The lowest BCUT2D eigenvalue weighted by Gasteiger charge is -2.34. The summed E-state index contributed by atoms with van der Waals surface area (Å²) < 4.78 is 6.62. The molecule has 0 radical (unpaired) electrons. The summed E-state index contributed by atoms with van der Waals surface area (Å²) in [6, 6.07) is -0.807. The van der Waals surface area contributed by atoms with Gasteiger partial charge < -0.3 is 25.4 Å². The molecular weight excluding hydrogens is 386 g/mol. The molecule has 2 bridgehead atoms. The molecule has 2 unspecified atom stereocenters. The number of nitrogens with one attached hydrogen (secondary N) is 2. The second-order valence-corrected chi connectivity index (χ2v) is 9.25. The number of amides is 3. The first kappa shape index (κ1) is 23.0. The zero-order valence-electron chi connectivity index (χ0n) is 18.7. The number of likely N-dealkylation sites (tertiary alicyclic amines) is 1. The van der Waals surface area contributed by atoms with Crippen molar-refractivity contribution in [3.8, 4) is 0 Å². The predicted molar refractivity (Wildman–Crippen MR) is 111 cm³/mol. The Kier molecular flexibility index (Phi) is 6.77. The lowest BCUT2D eigenvalue weighted by Crippen LogP contribution is -2.56. The minimum absolute atomic E-state index is 0.0386. The number of hydrogen-bond donors (Lipinski definition) is 3. The van der Waals surface area contributed by atoms with E-state index in [2.05, 4.69) is 10.6 Å². The van der Waals surface area contributed by atoms with Crippen molar-refractivity contribution in [3.63, 3.8) is 0 Å². The normalized spacial score (nSPS) is 34.5. The average molecular weight is 424 g/mol. The van der Waals surface area contributed by atoms with Crippen LogP contribution in [0.5, 0.6) is 0 Å². The monoisotopic (exact) mass is 423 g/mol. The minimum atomic E-state index is -0.959. The summed E-state index contributed by atoms with van der Waals surface area (Å²) in [5.41, 5.74) is -1.65. The van der Waals surface area contributed by atoms with Crippen LogP contribution >= 0.6 is 0 Å². The highest BCUT2D eigenvalue weighted by atomic mass is 16.5. The molecule has 8 nitrogen and oxygen atoms in total. The van der Waals surface area contributed by atoms with E-state index in [9.17, 15) is 14.4 Å². The van der Waals surface area contributed by atoms with Crippen LogP contribution in [0, 0.1) is 11.8 Å². The molecule has 3 heterocycles. The zero-order valence-corrected chi connectivity index (χ0v) is 18.7. The number of aliphatic hydroxyl groups excluding tert-OH is 1. The Hall–Kier alpha value is -1.67. The molecule has 30 heavy (non-hydrogen) atoms. The van der Waals surface area contributed by atoms with E-state index in [4.69, 9.17) is 9.84 Å². The quantitative estimate of drug-likeness (QED) is 0.454. The van der Waals surface area contributed by atoms with Crippen LogP contribution in [0.2, 0.25) is 0 Å². The summed E-state index contributed by atoms with van der Waals surface area (Å²) in [6.45, 7) is 8.73. The van der Waals surface area contributed by atoms with Crippen molar-refractivity contribution in [1.82, 2.24) is 15.5 Å². The van der Waals surface area contributed by atoms with E-state index in [-0.39, 0.29) is 30.4 Å². The van der Waals surface area contributed by atoms with Gasteiger partial charge in [0.15, 0.2) is 0 Å². The molecule has 3 aliphatic heterocycles. The van der Waals surface area contributed by atoms with Gasteiger partial charge in [-0.25, -0.2) is 0 Å². The van der Waals surface area contributed by atoms with Gasteiger partial charge in [-0.1, -0.05) is 13.8 Å². The number of rotatable bonds is 10. The summed E-state index contributed by atoms with van der Waals surface area (Å²) in [7, 11) is 0. The van der Waals surface area contributed by atoms with Crippen LogP contribution in [0.1, 0.15) is 66.2 Å². The lowest BCUT2D eigenvalue weighted by atomic mass is 9.65. The molecule has 0 saturated carbocycles. The molecule has 0 aromatic carbocycles. The van der Waals surface area contributed by atoms with Crippen LogP contribution in [0.25, 0.3) is 0 Å². The summed E-state index contributed by atoms with van der Waals surface area (Å²) in [5, 5.41) is 15.1. The van der Waals surface area contributed by atoms with Gasteiger partial charge in [0.05, 0.1) is 17.4 Å². The van der Waals surface area contributed by atoms with E-state index >= 15 is 0 Å². The van der Waals surface area contributed by atoms with E-state index in [0.29, 0.717) is 45.2 Å². The fourth-order valence-corrected chi connectivity index (χ4v) is 5.77. The number of carbonyl (C=O) groups excluding carboxylic acids is 3. The smallest absolute Gasteiger partial charge is 0.246 e. The molecule has 3 N–H and O–H groups in total. The summed E-state index contributed by atoms with van der Waals surface area (Å²) in [6.07, 6.45) is 3.87. The highest BCUT2D eigenvalue weighted by Crippen LogP contribution is 2.64. The molecule has 3 fully saturated rings. The number of fused-ring (bicyclic) bond motifs is 1. The minimum Gasteiger partial charge on any atom is -0.396 e. The molecule has 8 heteroatoms. The molecule has 3 rings (SSSR count). The SMILES string of the molecule is CCCNC(=O)[C@H]1[C@H]2C(=O)N(CCCCO)C(C(=O)NC(C)C)C23CC[C@]1(CC)O3. The highest BCUT2D eigenvalue weighted by molar-refractivity contribution is 5.99. The second-order valence-electron chi connectivity index (χ2n) is 9.25. The molecule has 170 valence electrons. The maximum atomic E-state index is 13.6. The molecule has 5 atom stereocenters. The average Bonchev–Trinajstić information content (AvgIpc) is 3.30. The van der Waals surface area contributed by atoms with Gasteiger partial charge in [-0.15, -0.1) is 0 Å². The first-order chi connectivity index (χ1) is 14.3. The standard InChI is InChI=1S/C22H37N3O5/c1-5-11-23-18(27)15-16-20(29)25(12-7-8-13-26)17(19(28)24-14(3)4)22(16)10-9-21(15,6-2)30-22/h14-17,26H,5-13H2,1-4H3,(H,23,27)(H,24,28)/t15-,16+,17?,21+,22?/m1/s1. The highest BCUT2D eigenvalue weighted by Gasteiger charge is 2.78. The van der Waals surface area contributed by atoms with Crippen molar-refractivity contribution in [3.05, 3.63) is 0 Å². The first-order valence-electron chi connectivity index (χ1n) is 11.5. The van der Waals surface area contributed by atoms with Gasteiger partial charge in [0.2, 0.25) is 17.7 Å². The number of aliphatic hydroxyl groups is 1. The van der Waals surface area contributed by atoms with Crippen LogP contribution < -0.4 is 10.6 Å². The van der Waals surface area contributed by atoms with Gasteiger partial charge in [-0.05, 0) is 52.4 Å². The Labute approximate surface area is 179 Å². The van der Waals surface area contributed by atoms with Crippen molar-refractivity contribution in [2.24, 2.45) is 11.8 Å². The van der Waals surface area contributed by atoms with Gasteiger partial charge in [0.1, 0.15) is 11.6 Å². The maximum Gasteiger partial charge on any atom is 0.246 e. The number of carbonyl (C=O) groups is 3. The summed E-state index contributed by atoms with van der Waals surface area (Å²) in [4.78, 5) is 41.7. The molecule has 3 aliphatic rings. The van der Waals surface area contributed by atoms with Crippen LogP contribution in [-0.2, 0) is 19.1 Å². The van der Waals surface area contributed by atoms with E-state index in [1.807, 2.05) is 27.7 Å². The van der Waals surface area contributed by atoms with Crippen molar-refractivity contribution in [2.75, 3.05) is 19.7 Å². The van der Waals surface area contributed by atoms with E-state index in [1.165, 1.54) is 0 Å². The fraction of sp³-hybridized carbons (Fsp3) is 0.864. The molecule has 3 amide bonds. The Morgan fingerprint density at radius 1 is 1.23 bits per heavy atom. The van der Waals surface area contributed by atoms with Gasteiger partial charge >= 0.3 is 0 Å². The molecule has 3 saturated heterocycles. The van der Waals surface area contributed by atoms with Crippen LogP contribution in [0.15, 0.2) is 0 Å². The molecule has 1 spiro atoms. The first-order valence-corrected chi connectivity index (χ1v) is 11.5. The van der Waals surface area contributed by atoms with Crippen molar-refractivity contribution >= 4 is 17.7 Å². The van der Waals surface area contributed by atoms with Crippen LogP contribution in [-0.4, -0.2) is 70.7 Å². The van der Waals surface area contributed by atoms with Crippen LogP contribution in [0.3, 0.4) is 0 Å². The largest absolute Gasteiger partial charge is 0.396 e. The Balaban J connectivity index is 2.00. The van der Waals surface area contributed by atoms with E-state index < -0.39 is 29.1 Å². The molecule has 0 aromatic heterocycles. The maximum absolute atomic E-state index is 13.6. The number of hydrogen-bond acceptors (Lipinski definition) is 5. The zero-order chi connectivity index (χ0) is 22.1. The van der Waals surface area contributed by atoms with Gasteiger partial charge in [-0.3, -0.25) is 14.4 Å². The van der Waals surface area contributed by atoms with Gasteiger partial charge in [0.25, 0.3) is 0 Å². The van der Waals surface area contributed by atoms with E-state index in [1.54, 1.807) is 4.90 Å². The summed E-state index contributed by atoms with van der Waals surface area (Å²) >= 11 is 0. The van der Waals surface area contributed by atoms with Gasteiger partial charge in [-0.2, -0.15) is 0 Å². The lowest BCUT2D eigenvalue weighted by molar-refractivity contribution is -0.147. The number of ether oxygens (including phenoxy) is 1. The summed E-state index contributed by atoms with van der Waals surface area (Å²) in [5.74, 6) is -1.73. The Bertz CT molecular complexity index is 684. The Morgan fingerprint density at radius 2 is 1.97 bits per heavy atom. The van der Waals surface area contributed by atoms with Crippen molar-refractivity contribution in [2.45, 2.75) is 89.5 Å². The Morgan fingerprint density at radius 3 is 2.57 bits per heavy atom. The molecule has 0 aliphatic carbocycles. The topological polar surface area (TPSA) is 108 Å². The van der Waals surface area contributed by atoms with Crippen LogP contribution in [0.4, 0.5) is 0 Å². The van der Waals surface area contributed by atoms with Crippen molar-refractivity contribution < 1.29 is 24.2 Å². The third-order valence-electron chi connectivity index (χ3n) is 7.00.